The van der Waals surface area contributed by atoms with Crippen LogP contribution in [-0.2, 0) is 22.6 Å². The Morgan fingerprint density at radius 2 is 2.07 bits per heavy atom. The van der Waals surface area contributed by atoms with Crippen LogP contribution in [-0.4, -0.2) is 38.7 Å². The lowest BCUT2D eigenvalue weighted by Gasteiger charge is -2.09. The van der Waals surface area contributed by atoms with Gasteiger partial charge in [0.15, 0.2) is 5.69 Å². The van der Waals surface area contributed by atoms with Crippen LogP contribution < -0.4 is 0 Å². The lowest BCUT2D eigenvalue weighted by atomic mass is 10.2. The van der Waals surface area contributed by atoms with Gasteiger partial charge < -0.3 is 4.74 Å². The van der Waals surface area contributed by atoms with E-state index in [-0.39, 0.29) is 24.5 Å². The molecule has 0 aliphatic rings. The molecule has 3 aromatic rings. The third-order valence-electron chi connectivity index (χ3n) is 3.74. The van der Waals surface area contributed by atoms with Crippen LogP contribution in [0, 0.1) is 6.92 Å². The van der Waals surface area contributed by atoms with Gasteiger partial charge in [0, 0.05) is 18.1 Å². The number of carbonyl (C=O) groups is 1. The van der Waals surface area contributed by atoms with Crippen LogP contribution in [0.1, 0.15) is 34.4 Å². The third-order valence-corrected chi connectivity index (χ3v) is 3.74. The second-order valence-corrected chi connectivity index (χ2v) is 5.98. The van der Waals surface area contributed by atoms with Crippen LogP contribution in [0.25, 0.3) is 10.9 Å². The van der Waals surface area contributed by atoms with Crippen LogP contribution in [0.2, 0.25) is 0 Å². The monoisotopic (exact) mass is 394 g/mol. The SMILES string of the molecule is CCOC(=O)c1nccc2nn(Cc3cc(C)nc(COC(F)(F)F)c3)cc12. The van der Waals surface area contributed by atoms with E-state index < -0.39 is 18.9 Å². The van der Waals surface area contributed by atoms with Gasteiger partial charge in [-0.2, -0.15) is 5.10 Å². The molecule has 0 fully saturated rings. The molecule has 0 aromatic carbocycles. The van der Waals surface area contributed by atoms with Crippen LogP contribution in [0.4, 0.5) is 13.2 Å². The largest absolute Gasteiger partial charge is 0.522 e. The van der Waals surface area contributed by atoms with Gasteiger partial charge in [-0.15, -0.1) is 13.2 Å². The summed E-state index contributed by atoms with van der Waals surface area (Å²) in [5, 5.41) is 4.93. The van der Waals surface area contributed by atoms with E-state index in [0.29, 0.717) is 22.2 Å². The van der Waals surface area contributed by atoms with Gasteiger partial charge in [0.1, 0.15) is 0 Å². The van der Waals surface area contributed by atoms with Gasteiger partial charge in [-0.3, -0.25) is 14.4 Å². The maximum Gasteiger partial charge on any atom is 0.522 e. The smallest absolute Gasteiger partial charge is 0.461 e. The van der Waals surface area contributed by atoms with Crippen molar-refractivity contribution in [3.63, 3.8) is 0 Å². The topological polar surface area (TPSA) is 79.1 Å². The average Bonchev–Trinajstić information content (AvgIpc) is 3.01. The number of aryl methyl sites for hydroxylation is 1. The van der Waals surface area contributed by atoms with E-state index in [1.807, 2.05) is 0 Å². The first-order valence-electron chi connectivity index (χ1n) is 8.41. The number of aromatic nitrogens is 4. The van der Waals surface area contributed by atoms with Crippen molar-refractivity contribution in [1.29, 1.82) is 0 Å². The first kappa shape index (κ1) is 19.7. The van der Waals surface area contributed by atoms with E-state index in [4.69, 9.17) is 4.74 Å². The molecule has 3 rings (SSSR count). The summed E-state index contributed by atoms with van der Waals surface area (Å²) in [5.74, 6) is -0.543. The summed E-state index contributed by atoms with van der Waals surface area (Å²) in [5.41, 5.74) is 2.15. The zero-order valence-electron chi connectivity index (χ0n) is 15.2. The Labute approximate surface area is 158 Å². The summed E-state index contributed by atoms with van der Waals surface area (Å²) < 4.78 is 47.2. The van der Waals surface area contributed by atoms with Gasteiger partial charge >= 0.3 is 12.3 Å². The Morgan fingerprint density at radius 3 is 2.79 bits per heavy atom. The minimum atomic E-state index is -4.72. The molecule has 0 unspecified atom stereocenters. The van der Waals surface area contributed by atoms with Gasteiger partial charge in [0.2, 0.25) is 0 Å². The minimum Gasteiger partial charge on any atom is -0.461 e. The zero-order valence-corrected chi connectivity index (χ0v) is 15.2. The highest BCUT2D eigenvalue weighted by molar-refractivity contribution is 6.01. The van der Waals surface area contributed by atoms with Crippen molar-refractivity contribution in [2.75, 3.05) is 6.61 Å². The number of hydrogen-bond acceptors (Lipinski definition) is 6. The third kappa shape index (κ3) is 4.83. The highest BCUT2D eigenvalue weighted by Gasteiger charge is 2.29. The number of fused-ring (bicyclic) bond motifs is 1. The predicted octanol–water partition coefficient (Wildman–Crippen LogP) is 3.40. The van der Waals surface area contributed by atoms with E-state index >= 15 is 0 Å². The summed E-state index contributed by atoms with van der Waals surface area (Å²) in [6.07, 6.45) is -1.60. The van der Waals surface area contributed by atoms with Crippen molar-refractivity contribution >= 4 is 16.9 Å². The van der Waals surface area contributed by atoms with E-state index in [9.17, 15) is 18.0 Å². The summed E-state index contributed by atoms with van der Waals surface area (Å²) in [6, 6.07) is 4.93. The van der Waals surface area contributed by atoms with Crippen LogP contribution in [0.15, 0.2) is 30.6 Å². The maximum atomic E-state index is 12.3. The molecule has 0 spiro atoms. The summed E-state index contributed by atoms with van der Waals surface area (Å²) in [6.45, 7) is 3.22. The number of halogens is 3. The molecule has 0 saturated heterocycles. The molecule has 0 atom stereocenters. The number of hydrogen-bond donors (Lipinski definition) is 0. The fourth-order valence-electron chi connectivity index (χ4n) is 2.76. The van der Waals surface area contributed by atoms with Crippen LogP contribution >= 0.6 is 0 Å². The van der Waals surface area contributed by atoms with Gasteiger partial charge in [-0.1, -0.05) is 0 Å². The maximum absolute atomic E-state index is 12.3. The molecule has 10 heteroatoms. The molecule has 7 nitrogen and oxygen atoms in total. The second-order valence-electron chi connectivity index (χ2n) is 5.98. The predicted molar refractivity (Wildman–Crippen MR) is 92.4 cm³/mol. The number of nitrogens with zero attached hydrogens (tertiary/aromatic N) is 4. The lowest BCUT2D eigenvalue weighted by molar-refractivity contribution is -0.330. The molecule has 0 aliphatic carbocycles. The van der Waals surface area contributed by atoms with Gasteiger partial charge in [0.05, 0.1) is 36.4 Å². The number of rotatable bonds is 6. The average molecular weight is 394 g/mol. The van der Waals surface area contributed by atoms with Crippen molar-refractivity contribution in [3.8, 4) is 0 Å². The minimum absolute atomic E-state index is 0.163. The highest BCUT2D eigenvalue weighted by Crippen LogP contribution is 2.20. The first-order valence-corrected chi connectivity index (χ1v) is 8.41. The molecule has 0 aliphatic heterocycles. The van der Waals surface area contributed by atoms with E-state index in [0.717, 1.165) is 0 Å². The molecular weight excluding hydrogens is 377 g/mol. The fourth-order valence-corrected chi connectivity index (χ4v) is 2.76. The molecule has 0 saturated carbocycles. The number of esters is 1. The highest BCUT2D eigenvalue weighted by atomic mass is 19.4. The number of ether oxygens (including phenoxy) is 2. The van der Waals surface area contributed by atoms with Crippen molar-refractivity contribution in [1.82, 2.24) is 19.7 Å². The summed E-state index contributed by atoms with van der Waals surface area (Å²) in [4.78, 5) is 20.1. The van der Waals surface area contributed by atoms with Gasteiger partial charge in [-0.05, 0) is 37.6 Å². The first-order chi connectivity index (χ1) is 13.2. The van der Waals surface area contributed by atoms with E-state index in [2.05, 4.69) is 19.8 Å². The Hall–Kier alpha value is -3.01. The fraction of sp³-hybridized carbons (Fsp3) is 0.333. The standard InChI is InChI=1S/C18H17F3N4O3/c1-3-27-17(26)16-14-9-25(24-15(14)4-5-22-16)8-12-6-11(2)23-13(7-12)10-28-18(19,20)21/h4-7,9H,3,8,10H2,1-2H3. The molecule has 148 valence electrons. The Balaban J connectivity index is 1.85. The molecule has 0 bridgehead atoms. The lowest BCUT2D eigenvalue weighted by Crippen LogP contribution is -2.14. The summed E-state index contributed by atoms with van der Waals surface area (Å²) in [7, 11) is 0. The molecule has 0 N–H and O–H groups in total. The van der Waals surface area contributed by atoms with Crippen molar-refractivity contribution < 1.29 is 27.4 Å². The quantitative estimate of drug-likeness (QED) is 0.597. The second kappa shape index (κ2) is 7.93. The number of carbonyl (C=O) groups excluding carboxylic acids is 1. The molecule has 0 radical (unpaired) electrons. The Morgan fingerprint density at radius 1 is 1.29 bits per heavy atom. The summed E-state index contributed by atoms with van der Waals surface area (Å²) >= 11 is 0. The van der Waals surface area contributed by atoms with Gasteiger partial charge in [0.25, 0.3) is 0 Å². The molecule has 3 aromatic heterocycles. The number of alkyl halides is 3. The van der Waals surface area contributed by atoms with Gasteiger partial charge in [-0.25, -0.2) is 9.78 Å². The molecule has 28 heavy (non-hydrogen) atoms. The van der Waals surface area contributed by atoms with Crippen molar-refractivity contribution in [2.45, 2.75) is 33.4 Å². The number of pyridine rings is 2. The molecule has 0 amide bonds. The molecule has 3 heterocycles. The van der Waals surface area contributed by atoms with E-state index in [1.54, 1.807) is 36.9 Å². The Kier molecular flexibility index (Phi) is 5.59. The van der Waals surface area contributed by atoms with Crippen LogP contribution in [0.5, 0.6) is 0 Å². The van der Waals surface area contributed by atoms with Crippen LogP contribution in [0.3, 0.4) is 0 Å². The van der Waals surface area contributed by atoms with Crippen molar-refractivity contribution in [2.24, 2.45) is 0 Å². The van der Waals surface area contributed by atoms with E-state index in [1.165, 1.54) is 12.3 Å². The van der Waals surface area contributed by atoms with Crippen molar-refractivity contribution in [3.05, 3.63) is 53.2 Å². The zero-order chi connectivity index (χ0) is 20.3. The molecular formula is C18H17F3N4O3. The Bertz CT molecular complexity index is 1000. The normalized spacial score (nSPS) is 11.8.